The van der Waals surface area contributed by atoms with Gasteiger partial charge < -0.3 is 14.6 Å². The molecule has 2 aliphatic heterocycles. The number of nitrogens with zero attached hydrogens (tertiary/aromatic N) is 3. The highest BCUT2D eigenvalue weighted by Crippen LogP contribution is 2.49. The van der Waals surface area contributed by atoms with Gasteiger partial charge in [0, 0.05) is 50.3 Å². The minimum atomic E-state index is -0.345. The van der Waals surface area contributed by atoms with Gasteiger partial charge in [0.15, 0.2) is 0 Å². The Labute approximate surface area is 171 Å². The molecule has 6 heteroatoms. The highest BCUT2D eigenvalue weighted by atomic mass is 16.3. The molecule has 0 saturated carbocycles. The molecule has 1 aromatic heterocycles. The van der Waals surface area contributed by atoms with E-state index in [0.717, 1.165) is 24.2 Å². The van der Waals surface area contributed by atoms with Crippen molar-refractivity contribution in [3.8, 4) is 11.1 Å². The Hall–Kier alpha value is -2.44. The van der Waals surface area contributed by atoms with Crippen molar-refractivity contribution < 1.29 is 9.90 Å². The first-order valence-electron chi connectivity index (χ1n) is 10.4. The highest BCUT2D eigenvalue weighted by molar-refractivity contribution is 5.82. The largest absolute Gasteiger partial charge is 0.396 e. The van der Waals surface area contributed by atoms with E-state index in [1.54, 1.807) is 19.0 Å². The van der Waals surface area contributed by atoms with Crippen molar-refractivity contribution in [3.63, 3.8) is 0 Å². The normalized spacial score (nSPS) is 25.7. The Balaban J connectivity index is 1.79. The maximum absolute atomic E-state index is 13.3. The SMILES string of the molecule is CCCN1[C@@H]2c3ccc(-c4ccccc4)c(=O)n3C[C@@H]2[C@@H](CO)[C@@H]1C(=O)N(C)C. The van der Waals surface area contributed by atoms with E-state index in [-0.39, 0.29) is 42.0 Å². The van der Waals surface area contributed by atoms with Crippen molar-refractivity contribution in [2.24, 2.45) is 11.8 Å². The number of rotatable bonds is 5. The van der Waals surface area contributed by atoms with Gasteiger partial charge in [0.25, 0.3) is 5.56 Å². The summed E-state index contributed by atoms with van der Waals surface area (Å²) in [6, 6.07) is 13.3. The number of hydrogen-bond donors (Lipinski definition) is 1. The summed E-state index contributed by atoms with van der Waals surface area (Å²) < 4.78 is 1.86. The summed E-state index contributed by atoms with van der Waals surface area (Å²) in [6.07, 6.45) is 0.908. The van der Waals surface area contributed by atoms with E-state index in [0.29, 0.717) is 12.1 Å². The zero-order valence-electron chi connectivity index (χ0n) is 17.3. The molecule has 1 amide bonds. The molecule has 6 nitrogen and oxygen atoms in total. The third kappa shape index (κ3) is 3.11. The number of carbonyl (C=O) groups is 1. The van der Waals surface area contributed by atoms with Crippen molar-refractivity contribution in [3.05, 3.63) is 58.5 Å². The van der Waals surface area contributed by atoms with Crippen LogP contribution in [0.1, 0.15) is 25.1 Å². The fourth-order valence-electron chi connectivity index (χ4n) is 5.21. The predicted octanol–water partition coefficient (Wildman–Crippen LogP) is 1.98. The molecule has 0 radical (unpaired) electrons. The van der Waals surface area contributed by atoms with E-state index in [9.17, 15) is 14.7 Å². The molecule has 1 saturated heterocycles. The molecule has 2 aromatic rings. The summed E-state index contributed by atoms with van der Waals surface area (Å²) >= 11 is 0. The van der Waals surface area contributed by atoms with E-state index < -0.39 is 0 Å². The van der Waals surface area contributed by atoms with Gasteiger partial charge in [-0.3, -0.25) is 14.5 Å². The third-order valence-electron chi connectivity index (χ3n) is 6.45. The number of likely N-dealkylation sites (tertiary alicyclic amines) is 1. The lowest BCUT2D eigenvalue weighted by atomic mass is 9.88. The van der Waals surface area contributed by atoms with Gasteiger partial charge in [-0.05, 0) is 30.7 Å². The number of aliphatic hydroxyl groups excluding tert-OH is 1. The number of fused-ring (bicyclic) bond motifs is 3. The van der Waals surface area contributed by atoms with E-state index in [1.807, 2.05) is 47.0 Å². The Kier molecular flexibility index (Phi) is 5.32. The van der Waals surface area contributed by atoms with Crippen molar-refractivity contribution in [1.82, 2.24) is 14.4 Å². The molecule has 1 N–H and O–H groups in total. The van der Waals surface area contributed by atoms with Crippen LogP contribution in [0.2, 0.25) is 0 Å². The zero-order chi connectivity index (χ0) is 20.7. The molecule has 1 aromatic carbocycles. The molecule has 154 valence electrons. The van der Waals surface area contributed by atoms with Crippen LogP contribution in [0.3, 0.4) is 0 Å². The van der Waals surface area contributed by atoms with Crippen LogP contribution in [0, 0.1) is 11.8 Å². The standard InChI is InChI=1S/C23H29N3O3/c1-4-12-25-20-17(18(14-27)21(25)23(29)24(2)3)13-26-19(20)11-10-16(22(26)28)15-8-6-5-7-9-15/h5-11,17-18,20-21,27H,4,12-14H2,1-3H3/t17-,18-,20+,21-/m1/s1. The van der Waals surface area contributed by atoms with Gasteiger partial charge in [-0.25, -0.2) is 0 Å². The van der Waals surface area contributed by atoms with Gasteiger partial charge in [-0.2, -0.15) is 0 Å². The van der Waals surface area contributed by atoms with Gasteiger partial charge in [0.05, 0.1) is 12.1 Å². The van der Waals surface area contributed by atoms with E-state index in [4.69, 9.17) is 0 Å². The number of amides is 1. The fraction of sp³-hybridized carbons (Fsp3) is 0.478. The summed E-state index contributed by atoms with van der Waals surface area (Å²) in [5.41, 5.74) is 2.57. The van der Waals surface area contributed by atoms with Crippen molar-refractivity contribution in [2.45, 2.75) is 32.0 Å². The first-order chi connectivity index (χ1) is 14.0. The lowest BCUT2D eigenvalue weighted by molar-refractivity contribution is -0.135. The number of aliphatic hydroxyl groups is 1. The summed E-state index contributed by atoms with van der Waals surface area (Å²) in [6.45, 7) is 3.34. The van der Waals surface area contributed by atoms with Crippen LogP contribution in [0.4, 0.5) is 0 Å². The number of carbonyl (C=O) groups excluding carboxylic acids is 1. The first-order valence-corrected chi connectivity index (χ1v) is 10.4. The third-order valence-corrected chi connectivity index (χ3v) is 6.45. The van der Waals surface area contributed by atoms with Crippen LogP contribution in [0.5, 0.6) is 0 Å². The Morgan fingerprint density at radius 3 is 2.52 bits per heavy atom. The van der Waals surface area contributed by atoms with Gasteiger partial charge in [-0.1, -0.05) is 37.3 Å². The van der Waals surface area contributed by atoms with Crippen LogP contribution < -0.4 is 5.56 Å². The monoisotopic (exact) mass is 395 g/mol. The molecule has 2 aliphatic rings. The zero-order valence-corrected chi connectivity index (χ0v) is 17.3. The summed E-state index contributed by atoms with van der Waals surface area (Å²) in [5, 5.41) is 10.2. The molecule has 0 aliphatic carbocycles. The van der Waals surface area contributed by atoms with Gasteiger partial charge >= 0.3 is 0 Å². The number of hydrogen-bond acceptors (Lipinski definition) is 4. The first kappa shape index (κ1) is 19.9. The minimum absolute atomic E-state index is 0.00623. The Morgan fingerprint density at radius 1 is 1.17 bits per heavy atom. The highest BCUT2D eigenvalue weighted by Gasteiger charge is 2.55. The second-order valence-corrected chi connectivity index (χ2v) is 8.32. The molecule has 0 unspecified atom stereocenters. The lowest BCUT2D eigenvalue weighted by Crippen LogP contribution is -2.48. The molecule has 1 fully saturated rings. The number of aromatic nitrogens is 1. The van der Waals surface area contributed by atoms with Crippen molar-refractivity contribution in [1.29, 1.82) is 0 Å². The average Bonchev–Trinajstić information content (AvgIpc) is 3.24. The maximum atomic E-state index is 13.3. The topological polar surface area (TPSA) is 65.8 Å². The number of benzene rings is 1. The average molecular weight is 396 g/mol. The van der Waals surface area contributed by atoms with Crippen LogP contribution in [-0.2, 0) is 11.3 Å². The number of likely N-dealkylation sites (N-methyl/N-ethyl adjacent to an activating group) is 1. The van der Waals surface area contributed by atoms with Crippen molar-refractivity contribution in [2.75, 3.05) is 27.2 Å². The summed E-state index contributed by atoms with van der Waals surface area (Å²) in [5.74, 6) is -0.0956. The van der Waals surface area contributed by atoms with Crippen molar-refractivity contribution >= 4 is 5.91 Å². The quantitative estimate of drug-likeness (QED) is 0.841. The molecular formula is C23H29N3O3. The molecule has 4 rings (SSSR count). The minimum Gasteiger partial charge on any atom is -0.396 e. The Morgan fingerprint density at radius 2 is 1.90 bits per heavy atom. The molecule has 4 atom stereocenters. The summed E-state index contributed by atoms with van der Waals surface area (Å²) in [7, 11) is 3.53. The van der Waals surface area contributed by atoms with Crippen LogP contribution in [-0.4, -0.2) is 58.7 Å². The van der Waals surface area contributed by atoms with E-state index in [1.165, 1.54) is 0 Å². The Bertz CT molecular complexity index is 954. The second kappa shape index (κ2) is 7.76. The predicted molar refractivity (Wildman–Crippen MR) is 112 cm³/mol. The smallest absolute Gasteiger partial charge is 0.258 e. The molecule has 0 spiro atoms. The van der Waals surface area contributed by atoms with Gasteiger partial charge in [0.2, 0.25) is 5.91 Å². The summed E-state index contributed by atoms with van der Waals surface area (Å²) in [4.78, 5) is 30.1. The molecule has 0 bridgehead atoms. The van der Waals surface area contributed by atoms with E-state index >= 15 is 0 Å². The number of pyridine rings is 1. The van der Waals surface area contributed by atoms with Crippen LogP contribution in [0.25, 0.3) is 11.1 Å². The second-order valence-electron chi connectivity index (χ2n) is 8.32. The fourth-order valence-corrected chi connectivity index (χ4v) is 5.21. The van der Waals surface area contributed by atoms with E-state index in [2.05, 4.69) is 11.8 Å². The maximum Gasteiger partial charge on any atom is 0.258 e. The van der Waals surface area contributed by atoms with Crippen LogP contribution in [0.15, 0.2) is 47.3 Å². The molecular weight excluding hydrogens is 366 g/mol. The van der Waals surface area contributed by atoms with Gasteiger partial charge in [0.1, 0.15) is 0 Å². The molecule has 3 heterocycles. The lowest BCUT2D eigenvalue weighted by Gasteiger charge is -2.32. The van der Waals surface area contributed by atoms with Gasteiger partial charge in [-0.15, -0.1) is 0 Å². The molecule has 29 heavy (non-hydrogen) atoms. The van der Waals surface area contributed by atoms with Crippen LogP contribution >= 0.6 is 0 Å².